The number of thiocarbonyl (C=S) groups is 1. The van der Waals surface area contributed by atoms with Gasteiger partial charge in [-0.3, -0.25) is 0 Å². The van der Waals surface area contributed by atoms with Crippen LogP contribution in [0.3, 0.4) is 0 Å². The molecule has 19 heavy (non-hydrogen) atoms. The summed E-state index contributed by atoms with van der Waals surface area (Å²) in [5.74, 6) is -1.30. The molecule has 0 heterocycles. The molecule has 0 radical (unpaired) electrons. The molecular weight excluding hydrogens is 266 g/mol. The van der Waals surface area contributed by atoms with Crippen LogP contribution in [-0.2, 0) is 0 Å². The number of nitrogens with one attached hydrogen (secondary N) is 1. The van der Waals surface area contributed by atoms with Gasteiger partial charge in [0.2, 0.25) is 0 Å². The molecule has 0 spiro atoms. The molecule has 5 heteroatoms. The molecule has 0 saturated heterocycles. The van der Waals surface area contributed by atoms with Crippen molar-refractivity contribution >= 4 is 22.9 Å². The van der Waals surface area contributed by atoms with E-state index >= 15 is 0 Å². The minimum atomic E-state index is -0.649. The van der Waals surface area contributed by atoms with Gasteiger partial charge in [0.25, 0.3) is 0 Å². The molecule has 1 aliphatic rings. The van der Waals surface area contributed by atoms with Gasteiger partial charge >= 0.3 is 0 Å². The highest BCUT2D eigenvalue weighted by molar-refractivity contribution is 7.80. The Bertz CT molecular complexity index is 473. The van der Waals surface area contributed by atoms with E-state index < -0.39 is 11.6 Å². The zero-order valence-corrected chi connectivity index (χ0v) is 11.7. The molecule has 1 fully saturated rings. The average Bonchev–Trinajstić information content (AvgIpc) is 2.75. The normalized spacial score (nSPS) is 17.4. The second-order valence-electron chi connectivity index (χ2n) is 5.55. The monoisotopic (exact) mass is 284 g/mol. The lowest BCUT2D eigenvalue weighted by Crippen LogP contribution is -2.24. The van der Waals surface area contributed by atoms with Gasteiger partial charge in [0.05, 0.1) is 0 Å². The van der Waals surface area contributed by atoms with E-state index in [9.17, 15) is 8.78 Å². The first-order valence-electron chi connectivity index (χ1n) is 6.44. The molecule has 1 aromatic carbocycles. The number of hydrogen-bond donors (Lipinski definition) is 2. The lowest BCUT2D eigenvalue weighted by atomic mass is 9.89. The van der Waals surface area contributed by atoms with Crippen molar-refractivity contribution in [2.45, 2.75) is 32.6 Å². The minimum absolute atomic E-state index is 0.00731. The number of anilines is 1. The van der Waals surface area contributed by atoms with Crippen LogP contribution in [0.15, 0.2) is 12.1 Å². The van der Waals surface area contributed by atoms with E-state index in [1.54, 1.807) is 0 Å². The maximum absolute atomic E-state index is 13.9. The zero-order chi connectivity index (χ0) is 14.0. The first kappa shape index (κ1) is 14.2. The first-order chi connectivity index (χ1) is 8.91. The maximum atomic E-state index is 13.9. The van der Waals surface area contributed by atoms with Crippen LogP contribution in [0.25, 0.3) is 0 Å². The fourth-order valence-corrected chi connectivity index (χ4v) is 2.71. The van der Waals surface area contributed by atoms with Gasteiger partial charge in [-0.1, -0.05) is 32.0 Å². The van der Waals surface area contributed by atoms with Crippen molar-refractivity contribution in [2.24, 2.45) is 11.1 Å². The highest BCUT2D eigenvalue weighted by Gasteiger charge is 2.29. The van der Waals surface area contributed by atoms with Crippen molar-refractivity contribution in [1.82, 2.24) is 0 Å². The molecular formula is C14H18F2N2S. The van der Waals surface area contributed by atoms with Crippen molar-refractivity contribution < 1.29 is 8.78 Å². The topological polar surface area (TPSA) is 38.0 Å². The molecule has 0 aliphatic heterocycles. The Morgan fingerprint density at radius 3 is 2.32 bits per heavy atom. The third-order valence-electron chi connectivity index (χ3n) is 3.83. The molecule has 3 N–H and O–H groups in total. The first-order valence-corrected chi connectivity index (χ1v) is 6.85. The molecule has 104 valence electrons. The van der Waals surface area contributed by atoms with Crippen molar-refractivity contribution in [1.29, 1.82) is 0 Å². The van der Waals surface area contributed by atoms with Crippen molar-refractivity contribution in [3.63, 3.8) is 0 Å². The fraction of sp³-hybridized carbons (Fsp3) is 0.500. The number of nitrogens with two attached hydrogens (primary N) is 1. The SMILES string of the molecule is CC1(CNc2c(F)cc(C(N)=S)cc2F)CCCC1. The summed E-state index contributed by atoms with van der Waals surface area (Å²) in [6, 6.07) is 2.34. The van der Waals surface area contributed by atoms with Gasteiger partial charge < -0.3 is 11.1 Å². The molecule has 2 nitrogen and oxygen atoms in total. The lowest BCUT2D eigenvalue weighted by Gasteiger charge is -2.24. The van der Waals surface area contributed by atoms with E-state index in [2.05, 4.69) is 12.2 Å². The van der Waals surface area contributed by atoms with Crippen LogP contribution in [0.5, 0.6) is 0 Å². The van der Waals surface area contributed by atoms with Gasteiger partial charge in [-0.2, -0.15) is 0 Å². The summed E-state index contributed by atoms with van der Waals surface area (Å²) in [5, 5.41) is 2.90. The fourth-order valence-electron chi connectivity index (χ4n) is 2.59. The van der Waals surface area contributed by atoms with Gasteiger partial charge in [0.15, 0.2) is 0 Å². The van der Waals surface area contributed by atoms with E-state index in [-0.39, 0.29) is 21.7 Å². The third-order valence-corrected chi connectivity index (χ3v) is 4.06. The van der Waals surface area contributed by atoms with Crippen LogP contribution in [0, 0.1) is 17.0 Å². The maximum Gasteiger partial charge on any atom is 0.150 e. The predicted molar refractivity (Wildman–Crippen MR) is 77.3 cm³/mol. The Kier molecular flexibility index (Phi) is 4.04. The Morgan fingerprint density at radius 2 is 1.84 bits per heavy atom. The number of halogens is 2. The second kappa shape index (κ2) is 5.41. The van der Waals surface area contributed by atoms with Gasteiger partial charge in [-0.15, -0.1) is 0 Å². The Hall–Kier alpha value is -1.23. The van der Waals surface area contributed by atoms with Crippen molar-refractivity contribution in [3.8, 4) is 0 Å². The van der Waals surface area contributed by atoms with Gasteiger partial charge in [0.1, 0.15) is 22.3 Å². The number of hydrogen-bond acceptors (Lipinski definition) is 2. The summed E-state index contributed by atoms with van der Waals surface area (Å²) in [6.45, 7) is 2.72. The summed E-state index contributed by atoms with van der Waals surface area (Å²) < 4.78 is 27.7. The number of benzene rings is 1. The third kappa shape index (κ3) is 3.21. The zero-order valence-electron chi connectivity index (χ0n) is 10.9. The van der Waals surface area contributed by atoms with Gasteiger partial charge in [0, 0.05) is 12.1 Å². The molecule has 1 saturated carbocycles. The van der Waals surface area contributed by atoms with Crippen molar-refractivity contribution in [2.75, 3.05) is 11.9 Å². The van der Waals surface area contributed by atoms with Gasteiger partial charge in [-0.05, 0) is 30.4 Å². The van der Waals surface area contributed by atoms with Crippen LogP contribution < -0.4 is 11.1 Å². The van der Waals surface area contributed by atoms with Crippen LogP contribution in [0.1, 0.15) is 38.2 Å². The summed E-state index contributed by atoms with van der Waals surface area (Å²) in [4.78, 5) is -0.00731. The highest BCUT2D eigenvalue weighted by atomic mass is 32.1. The largest absolute Gasteiger partial charge is 0.389 e. The summed E-state index contributed by atoms with van der Waals surface area (Å²) in [7, 11) is 0. The van der Waals surface area contributed by atoms with Crippen LogP contribution in [0.4, 0.5) is 14.5 Å². The van der Waals surface area contributed by atoms with E-state index in [0.717, 1.165) is 12.8 Å². The highest BCUT2D eigenvalue weighted by Crippen LogP contribution is 2.37. The predicted octanol–water partition coefficient (Wildman–Crippen LogP) is 3.59. The Morgan fingerprint density at radius 1 is 1.32 bits per heavy atom. The second-order valence-corrected chi connectivity index (χ2v) is 5.99. The smallest absolute Gasteiger partial charge is 0.150 e. The van der Waals surface area contributed by atoms with Crippen molar-refractivity contribution in [3.05, 3.63) is 29.3 Å². The quantitative estimate of drug-likeness (QED) is 0.830. The number of rotatable bonds is 4. The molecule has 0 atom stereocenters. The Labute approximate surface area is 117 Å². The molecule has 0 unspecified atom stereocenters. The molecule has 0 bridgehead atoms. The molecule has 1 aliphatic carbocycles. The van der Waals surface area contributed by atoms with Crippen LogP contribution in [-0.4, -0.2) is 11.5 Å². The van der Waals surface area contributed by atoms with Crippen LogP contribution >= 0.6 is 12.2 Å². The van der Waals surface area contributed by atoms with Gasteiger partial charge in [-0.25, -0.2) is 8.78 Å². The van der Waals surface area contributed by atoms with E-state index in [0.29, 0.717) is 6.54 Å². The van der Waals surface area contributed by atoms with E-state index in [4.69, 9.17) is 18.0 Å². The summed E-state index contributed by atoms with van der Waals surface area (Å²) >= 11 is 4.72. The lowest BCUT2D eigenvalue weighted by molar-refractivity contribution is 0.360. The molecule has 1 aromatic rings. The molecule has 0 amide bonds. The molecule has 0 aromatic heterocycles. The molecule has 2 rings (SSSR count). The standard InChI is InChI=1S/C14H18F2N2S/c1-14(4-2-3-5-14)8-18-12-10(15)6-9(13(17)19)7-11(12)16/h6-7,18H,2-5,8H2,1H3,(H2,17,19). The summed E-state index contributed by atoms with van der Waals surface area (Å²) in [6.07, 6.45) is 4.55. The summed E-state index contributed by atoms with van der Waals surface area (Å²) in [5.41, 5.74) is 5.62. The minimum Gasteiger partial charge on any atom is -0.389 e. The van der Waals surface area contributed by atoms with Crippen LogP contribution in [0.2, 0.25) is 0 Å². The Balaban J connectivity index is 2.14. The van der Waals surface area contributed by atoms with E-state index in [1.807, 2.05) is 0 Å². The average molecular weight is 284 g/mol. The van der Waals surface area contributed by atoms with E-state index in [1.165, 1.54) is 25.0 Å².